The number of aromatic nitrogens is 4. The molecule has 3 aromatic carbocycles. The first kappa shape index (κ1) is 28.6. The van der Waals surface area contributed by atoms with Gasteiger partial charge in [-0.25, -0.2) is 18.4 Å². The van der Waals surface area contributed by atoms with Crippen LogP contribution < -0.4 is 9.21 Å². The molecule has 0 amide bonds. The Morgan fingerprint density at radius 1 is 0.929 bits per heavy atom. The van der Waals surface area contributed by atoms with Gasteiger partial charge in [0.1, 0.15) is 5.52 Å². The number of nitrogens with zero attached hydrogens (tertiary/aromatic N) is 6. The standard InChI is InChI=1S/C29H28Cl2N6O4S/c1-35(2)23-11-5-9-21-20(23)8-6-12-24(21)42(38,39)37(14-13-25-40-15-16-41-25)22-10-4-3-7-19(22)17-36-18-32-28-26(36)27(30)33-29(31)34-28/h3-12,18,25H,13-17H2,1-2H3. The van der Waals surface area contributed by atoms with E-state index in [4.69, 9.17) is 32.7 Å². The summed E-state index contributed by atoms with van der Waals surface area (Å²) in [6.45, 7) is 1.36. The Hall–Kier alpha value is -3.48. The summed E-state index contributed by atoms with van der Waals surface area (Å²) in [5, 5.41) is 1.64. The minimum absolute atomic E-state index is 0.000666. The summed E-state index contributed by atoms with van der Waals surface area (Å²) in [5.74, 6) is 0. The number of ether oxygens (including phenoxy) is 2. The summed E-state index contributed by atoms with van der Waals surface area (Å²) in [6.07, 6.45) is 1.46. The van der Waals surface area contributed by atoms with E-state index in [0.29, 0.717) is 41.9 Å². The maximum absolute atomic E-state index is 14.6. The molecule has 0 aliphatic carbocycles. The van der Waals surface area contributed by atoms with Crippen LogP contribution in [-0.2, 0) is 26.0 Å². The second kappa shape index (κ2) is 11.7. The first-order valence-corrected chi connectivity index (χ1v) is 15.5. The zero-order chi connectivity index (χ0) is 29.4. The minimum Gasteiger partial charge on any atom is -0.377 e. The molecule has 1 fully saturated rings. The van der Waals surface area contributed by atoms with E-state index in [1.54, 1.807) is 29.1 Å². The molecule has 218 valence electrons. The van der Waals surface area contributed by atoms with Crippen molar-refractivity contribution in [1.29, 1.82) is 0 Å². The third-order valence-electron chi connectivity index (χ3n) is 7.17. The summed E-state index contributed by atoms with van der Waals surface area (Å²) < 4.78 is 43.8. The summed E-state index contributed by atoms with van der Waals surface area (Å²) in [7, 11) is -0.191. The molecule has 5 aromatic rings. The van der Waals surface area contributed by atoms with Gasteiger partial charge in [0.25, 0.3) is 10.0 Å². The second-order valence-corrected chi connectivity index (χ2v) is 12.5. The van der Waals surface area contributed by atoms with Crippen LogP contribution in [0.3, 0.4) is 0 Å². The lowest BCUT2D eigenvalue weighted by molar-refractivity contribution is -0.0444. The summed E-state index contributed by atoms with van der Waals surface area (Å²) >= 11 is 12.4. The van der Waals surface area contributed by atoms with Crippen LogP contribution in [0.4, 0.5) is 11.4 Å². The Bertz CT molecular complexity index is 1880. The Labute approximate surface area is 253 Å². The fourth-order valence-electron chi connectivity index (χ4n) is 5.27. The first-order chi connectivity index (χ1) is 20.2. The van der Waals surface area contributed by atoms with E-state index < -0.39 is 16.3 Å². The largest absolute Gasteiger partial charge is 0.377 e. The van der Waals surface area contributed by atoms with Crippen molar-refractivity contribution in [3.8, 4) is 0 Å². The fraction of sp³-hybridized carbons (Fsp3) is 0.276. The number of rotatable bonds is 9. The number of fused-ring (bicyclic) bond motifs is 2. The van der Waals surface area contributed by atoms with Gasteiger partial charge in [0.2, 0.25) is 5.28 Å². The Morgan fingerprint density at radius 2 is 1.64 bits per heavy atom. The molecular formula is C29H28Cl2N6O4S. The Kier molecular flexibility index (Phi) is 7.95. The smallest absolute Gasteiger partial charge is 0.264 e. The van der Waals surface area contributed by atoms with E-state index in [1.165, 1.54) is 4.31 Å². The molecule has 42 heavy (non-hydrogen) atoms. The molecule has 3 heterocycles. The van der Waals surface area contributed by atoms with Gasteiger partial charge in [0.15, 0.2) is 17.1 Å². The number of hydrogen-bond acceptors (Lipinski definition) is 8. The monoisotopic (exact) mass is 626 g/mol. The van der Waals surface area contributed by atoms with E-state index in [9.17, 15) is 8.42 Å². The SMILES string of the molecule is CN(C)c1cccc2c(S(=O)(=O)N(CCC3OCCO3)c3ccccc3Cn3cnc4nc(Cl)nc(Cl)c43)cccc12. The van der Waals surface area contributed by atoms with Gasteiger partial charge in [-0.05, 0) is 35.4 Å². The van der Waals surface area contributed by atoms with Crippen molar-refractivity contribution in [3.63, 3.8) is 0 Å². The highest BCUT2D eigenvalue weighted by Gasteiger charge is 2.30. The molecular weight excluding hydrogens is 599 g/mol. The third-order valence-corrected chi connectivity index (χ3v) is 9.47. The van der Waals surface area contributed by atoms with Gasteiger partial charge < -0.3 is 18.9 Å². The van der Waals surface area contributed by atoms with Crippen LogP contribution >= 0.6 is 23.2 Å². The van der Waals surface area contributed by atoms with Crippen LogP contribution in [-0.4, -0.2) is 68.1 Å². The maximum atomic E-state index is 14.6. The van der Waals surface area contributed by atoms with Crippen molar-refractivity contribution in [2.24, 2.45) is 0 Å². The molecule has 0 N–H and O–H groups in total. The molecule has 1 aliphatic heterocycles. The van der Waals surface area contributed by atoms with Crippen LogP contribution in [0.15, 0.2) is 71.9 Å². The second-order valence-electron chi connectivity index (χ2n) is 10.0. The van der Waals surface area contributed by atoms with E-state index in [1.807, 2.05) is 61.5 Å². The highest BCUT2D eigenvalue weighted by molar-refractivity contribution is 7.93. The third kappa shape index (κ3) is 5.38. The van der Waals surface area contributed by atoms with E-state index in [-0.39, 0.29) is 28.4 Å². The van der Waals surface area contributed by atoms with Crippen molar-refractivity contribution in [2.45, 2.75) is 24.2 Å². The number of hydrogen-bond donors (Lipinski definition) is 0. The zero-order valence-corrected chi connectivity index (χ0v) is 25.3. The van der Waals surface area contributed by atoms with Crippen LogP contribution in [0.1, 0.15) is 12.0 Å². The van der Waals surface area contributed by atoms with Gasteiger partial charge >= 0.3 is 0 Å². The van der Waals surface area contributed by atoms with Gasteiger partial charge in [0.05, 0.1) is 36.7 Å². The summed E-state index contributed by atoms with van der Waals surface area (Å²) in [4.78, 5) is 14.7. The molecule has 0 radical (unpaired) electrons. The number of anilines is 2. The molecule has 0 unspecified atom stereocenters. The van der Waals surface area contributed by atoms with Crippen LogP contribution in [0.5, 0.6) is 0 Å². The predicted octanol–water partition coefficient (Wildman–Crippen LogP) is 5.36. The van der Waals surface area contributed by atoms with E-state index in [0.717, 1.165) is 16.6 Å². The lowest BCUT2D eigenvalue weighted by Crippen LogP contribution is -2.35. The van der Waals surface area contributed by atoms with Gasteiger partial charge in [-0.15, -0.1) is 0 Å². The van der Waals surface area contributed by atoms with Gasteiger partial charge in [-0.1, -0.05) is 54.1 Å². The van der Waals surface area contributed by atoms with Crippen molar-refractivity contribution < 1.29 is 17.9 Å². The molecule has 0 atom stereocenters. The predicted molar refractivity (Wildman–Crippen MR) is 164 cm³/mol. The van der Waals surface area contributed by atoms with Gasteiger partial charge in [0, 0.05) is 43.5 Å². The van der Waals surface area contributed by atoms with Crippen LogP contribution in [0, 0.1) is 0 Å². The minimum atomic E-state index is -4.06. The maximum Gasteiger partial charge on any atom is 0.264 e. The highest BCUT2D eigenvalue weighted by Crippen LogP contribution is 2.35. The van der Waals surface area contributed by atoms with Crippen molar-refractivity contribution in [1.82, 2.24) is 19.5 Å². The Balaban J connectivity index is 1.46. The number of halogens is 2. The molecule has 0 saturated carbocycles. The molecule has 13 heteroatoms. The highest BCUT2D eigenvalue weighted by atomic mass is 35.5. The molecule has 1 saturated heterocycles. The lowest BCUT2D eigenvalue weighted by atomic mass is 10.1. The van der Waals surface area contributed by atoms with E-state index in [2.05, 4.69) is 15.0 Å². The number of para-hydroxylation sites is 1. The molecule has 6 rings (SSSR count). The summed E-state index contributed by atoms with van der Waals surface area (Å²) in [6, 6.07) is 18.4. The molecule has 0 spiro atoms. The average molecular weight is 628 g/mol. The van der Waals surface area contributed by atoms with Crippen LogP contribution in [0.2, 0.25) is 10.4 Å². The van der Waals surface area contributed by atoms with Crippen LogP contribution in [0.25, 0.3) is 21.9 Å². The normalized spacial score (nSPS) is 14.2. The van der Waals surface area contributed by atoms with Crippen molar-refractivity contribution >= 4 is 66.5 Å². The number of imidazole rings is 1. The zero-order valence-electron chi connectivity index (χ0n) is 22.9. The lowest BCUT2D eigenvalue weighted by Gasteiger charge is -2.28. The molecule has 10 nitrogen and oxygen atoms in total. The average Bonchev–Trinajstić information content (AvgIpc) is 3.63. The number of sulfonamides is 1. The molecule has 2 aromatic heterocycles. The number of benzene rings is 3. The quantitative estimate of drug-likeness (QED) is 0.159. The first-order valence-electron chi connectivity index (χ1n) is 13.3. The van der Waals surface area contributed by atoms with Gasteiger partial charge in [-0.2, -0.15) is 4.98 Å². The molecule has 0 bridgehead atoms. The van der Waals surface area contributed by atoms with E-state index >= 15 is 0 Å². The van der Waals surface area contributed by atoms with Crippen molar-refractivity contribution in [2.75, 3.05) is 43.1 Å². The fourth-order valence-corrected chi connectivity index (χ4v) is 7.47. The van der Waals surface area contributed by atoms with Gasteiger partial charge in [-0.3, -0.25) is 4.31 Å². The topological polar surface area (TPSA) is 103 Å². The molecule has 1 aliphatic rings. The Morgan fingerprint density at radius 3 is 2.43 bits per heavy atom. The summed E-state index contributed by atoms with van der Waals surface area (Å²) in [5.41, 5.74) is 3.03. The van der Waals surface area contributed by atoms with Crippen molar-refractivity contribution in [3.05, 3.63) is 83.0 Å².